The minimum absolute atomic E-state index is 0.0835. The first kappa shape index (κ1) is 10.7. The van der Waals surface area contributed by atoms with Crippen molar-refractivity contribution in [2.45, 2.75) is 13.3 Å². The van der Waals surface area contributed by atoms with Gasteiger partial charge in [-0.3, -0.25) is 4.79 Å². The summed E-state index contributed by atoms with van der Waals surface area (Å²) in [5.74, 6) is 2.38. The number of hydrogen-bond donors (Lipinski definition) is 0. The van der Waals surface area contributed by atoms with Crippen molar-refractivity contribution in [3.63, 3.8) is 0 Å². The van der Waals surface area contributed by atoms with E-state index in [-0.39, 0.29) is 5.91 Å². The molecule has 0 atom stereocenters. The van der Waals surface area contributed by atoms with Gasteiger partial charge in [0.25, 0.3) is 5.91 Å². The zero-order valence-corrected chi connectivity index (χ0v) is 8.75. The van der Waals surface area contributed by atoms with E-state index < -0.39 is 0 Å². The molecule has 0 fully saturated rings. The molecule has 0 saturated carbocycles. The first-order valence-electron chi connectivity index (χ1n) is 4.29. The van der Waals surface area contributed by atoms with Crippen LogP contribution in [-0.2, 0) is 0 Å². The minimum atomic E-state index is -0.0835. The predicted molar refractivity (Wildman–Crippen MR) is 54.9 cm³/mol. The number of aromatic nitrogens is 2. The molecule has 0 N–H and O–H groups in total. The number of nitrogens with zero attached hydrogens (tertiary/aromatic N) is 3. The van der Waals surface area contributed by atoms with Gasteiger partial charge in [-0.2, -0.15) is 0 Å². The third-order valence-corrected chi connectivity index (χ3v) is 2.29. The van der Waals surface area contributed by atoms with Crippen molar-refractivity contribution in [1.82, 2.24) is 14.5 Å². The highest BCUT2D eigenvalue weighted by atomic mass is 32.1. The zero-order chi connectivity index (χ0) is 10.4. The van der Waals surface area contributed by atoms with Crippen LogP contribution in [0.1, 0.15) is 23.0 Å². The van der Waals surface area contributed by atoms with Crippen LogP contribution in [0, 0.1) is 12.3 Å². The van der Waals surface area contributed by atoms with E-state index in [9.17, 15) is 4.79 Å². The van der Waals surface area contributed by atoms with Crippen molar-refractivity contribution < 1.29 is 4.79 Å². The van der Waals surface area contributed by atoms with Crippen LogP contribution < -0.4 is 0 Å². The van der Waals surface area contributed by atoms with Crippen LogP contribution in [0.2, 0.25) is 0 Å². The molecular formula is C9H11N3OS. The lowest BCUT2D eigenvalue weighted by Gasteiger charge is -2.17. The molecule has 0 aromatic carbocycles. The number of terminal acetylenes is 1. The van der Waals surface area contributed by atoms with E-state index in [0.29, 0.717) is 18.0 Å². The van der Waals surface area contributed by atoms with Crippen molar-refractivity contribution in [2.24, 2.45) is 0 Å². The maximum Gasteiger partial charge on any atom is 0.268 e. The average molecular weight is 209 g/mol. The van der Waals surface area contributed by atoms with E-state index in [4.69, 9.17) is 6.42 Å². The Labute approximate surface area is 87.1 Å². The molecule has 1 aromatic rings. The van der Waals surface area contributed by atoms with Crippen LogP contribution in [0.25, 0.3) is 0 Å². The summed E-state index contributed by atoms with van der Waals surface area (Å²) in [6, 6.07) is 0. The zero-order valence-electron chi connectivity index (χ0n) is 7.93. The van der Waals surface area contributed by atoms with Crippen molar-refractivity contribution in [3.05, 3.63) is 11.1 Å². The molecule has 0 saturated heterocycles. The Balaban J connectivity index is 2.69. The third kappa shape index (κ3) is 2.54. The second-order valence-electron chi connectivity index (χ2n) is 2.71. The number of hydrogen-bond acceptors (Lipinski definition) is 4. The second kappa shape index (κ2) is 5.35. The largest absolute Gasteiger partial charge is 0.327 e. The van der Waals surface area contributed by atoms with E-state index in [1.54, 1.807) is 4.90 Å². The molecule has 0 aliphatic heterocycles. The normalized spacial score (nSPS) is 9.43. The summed E-state index contributed by atoms with van der Waals surface area (Å²) < 4.78 is 3.64. The molecule has 0 bridgehead atoms. The Morgan fingerprint density at radius 3 is 3.07 bits per heavy atom. The van der Waals surface area contributed by atoms with Gasteiger partial charge in [0.15, 0.2) is 0 Å². The van der Waals surface area contributed by atoms with Gasteiger partial charge >= 0.3 is 0 Å². The van der Waals surface area contributed by atoms with Gasteiger partial charge in [0.2, 0.25) is 0 Å². The van der Waals surface area contributed by atoms with Crippen molar-refractivity contribution >= 4 is 17.4 Å². The molecule has 1 rings (SSSR count). The summed E-state index contributed by atoms with van der Waals surface area (Å²) in [6.07, 6.45) is 7.53. The summed E-state index contributed by atoms with van der Waals surface area (Å²) in [7, 11) is 0. The number of carbonyl (C=O) groups excluding carboxylic acids is 1. The highest BCUT2D eigenvalue weighted by molar-refractivity contribution is 7.07. The first-order valence-corrected chi connectivity index (χ1v) is 5.07. The van der Waals surface area contributed by atoms with Gasteiger partial charge in [0.05, 0.1) is 12.7 Å². The third-order valence-electron chi connectivity index (χ3n) is 1.63. The number of rotatable bonds is 4. The van der Waals surface area contributed by atoms with Gasteiger partial charge in [-0.25, -0.2) is 0 Å². The van der Waals surface area contributed by atoms with Gasteiger partial charge in [0.1, 0.15) is 4.88 Å². The minimum Gasteiger partial charge on any atom is -0.327 e. The molecule has 0 radical (unpaired) electrons. The maximum atomic E-state index is 11.7. The molecule has 0 unspecified atom stereocenters. The number of amides is 1. The Bertz CT molecular complexity index is 328. The fourth-order valence-electron chi connectivity index (χ4n) is 1.05. The van der Waals surface area contributed by atoms with Crippen molar-refractivity contribution in [2.75, 3.05) is 13.1 Å². The molecule has 1 amide bonds. The Morgan fingerprint density at radius 2 is 2.57 bits per heavy atom. The van der Waals surface area contributed by atoms with Crippen LogP contribution >= 0.6 is 11.5 Å². The van der Waals surface area contributed by atoms with E-state index in [0.717, 1.165) is 18.0 Å². The van der Waals surface area contributed by atoms with Crippen molar-refractivity contribution in [1.29, 1.82) is 0 Å². The first-order chi connectivity index (χ1) is 6.79. The van der Waals surface area contributed by atoms with E-state index in [2.05, 4.69) is 15.5 Å². The highest BCUT2D eigenvalue weighted by Crippen LogP contribution is 2.07. The standard InChI is InChI=1S/C9H11N3OS/c1-3-5-12(6-4-2)9(13)8-7-10-11-14-8/h1,7H,4-6H2,2H3. The van der Waals surface area contributed by atoms with E-state index in [1.165, 1.54) is 6.20 Å². The summed E-state index contributed by atoms with van der Waals surface area (Å²) >= 11 is 1.09. The molecule has 74 valence electrons. The van der Waals surface area contributed by atoms with Gasteiger partial charge < -0.3 is 4.90 Å². The lowest BCUT2D eigenvalue weighted by atomic mass is 10.3. The molecule has 1 aromatic heterocycles. The molecule has 0 spiro atoms. The van der Waals surface area contributed by atoms with Crippen LogP contribution in [0.4, 0.5) is 0 Å². The van der Waals surface area contributed by atoms with E-state index >= 15 is 0 Å². The summed E-state index contributed by atoms with van der Waals surface area (Å²) in [5, 5.41) is 3.62. The quantitative estimate of drug-likeness (QED) is 0.696. The molecule has 1 heterocycles. The average Bonchev–Trinajstić information content (AvgIpc) is 2.69. The Kier molecular flexibility index (Phi) is 4.08. The van der Waals surface area contributed by atoms with Gasteiger partial charge in [0, 0.05) is 6.54 Å². The fourth-order valence-corrected chi connectivity index (χ4v) is 1.53. The Hall–Kier alpha value is -1.41. The molecule has 5 heteroatoms. The van der Waals surface area contributed by atoms with Crippen molar-refractivity contribution in [3.8, 4) is 12.3 Å². The highest BCUT2D eigenvalue weighted by Gasteiger charge is 2.15. The van der Waals surface area contributed by atoms with Crippen LogP contribution in [0.15, 0.2) is 6.20 Å². The van der Waals surface area contributed by atoms with Crippen LogP contribution in [-0.4, -0.2) is 33.5 Å². The molecule has 4 nitrogen and oxygen atoms in total. The smallest absolute Gasteiger partial charge is 0.268 e. The summed E-state index contributed by atoms with van der Waals surface area (Å²) in [5.41, 5.74) is 0. The summed E-state index contributed by atoms with van der Waals surface area (Å²) in [6.45, 7) is 3.01. The van der Waals surface area contributed by atoms with E-state index in [1.807, 2.05) is 6.92 Å². The SMILES string of the molecule is C#CCN(CCC)C(=O)c1cnns1. The topological polar surface area (TPSA) is 46.1 Å². The van der Waals surface area contributed by atoms with Crippen LogP contribution in [0.3, 0.4) is 0 Å². The molecule has 0 aliphatic rings. The van der Waals surface area contributed by atoms with Gasteiger partial charge in [-0.15, -0.1) is 11.5 Å². The van der Waals surface area contributed by atoms with Crippen LogP contribution in [0.5, 0.6) is 0 Å². The number of carbonyl (C=O) groups is 1. The van der Waals surface area contributed by atoms with Gasteiger partial charge in [-0.1, -0.05) is 17.3 Å². The second-order valence-corrected chi connectivity index (χ2v) is 3.50. The molecule has 0 aliphatic carbocycles. The summed E-state index contributed by atoms with van der Waals surface area (Å²) in [4.78, 5) is 13.9. The lowest BCUT2D eigenvalue weighted by Crippen LogP contribution is -2.31. The maximum absolute atomic E-state index is 11.7. The lowest BCUT2D eigenvalue weighted by molar-refractivity contribution is 0.0781. The fraction of sp³-hybridized carbons (Fsp3) is 0.444. The molecule has 14 heavy (non-hydrogen) atoms. The monoisotopic (exact) mass is 209 g/mol. The Morgan fingerprint density at radius 1 is 1.79 bits per heavy atom. The predicted octanol–water partition coefficient (Wildman–Crippen LogP) is 1.02. The molecular weight excluding hydrogens is 198 g/mol. The van der Waals surface area contributed by atoms with Gasteiger partial charge in [-0.05, 0) is 18.0 Å².